The molecule has 0 atom stereocenters. The highest BCUT2D eigenvalue weighted by molar-refractivity contribution is 6.47. The molecule has 0 aliphatic rings. The van der Waals surface area contributed by atoms with Crippen LogP contribution in [-0.4, -0.2) is 7.48 Å². The maximum absolute atomic E-state index is 12.7. The van der Waals surface area contributed by atoms with E-state index in [1.165, 1.54) is 0 Å². The summed E-state index contributed by atoms with van der Waals surface area (Å²) in [4.78, 5) is 0. The van der Waals surface area contributed by atoms with Crippen molar-refractivity contribution < 1.29 is 31.0 Å². The van der Waals surface area contributed by atoms with Crippen LogP contribution in [-0.2, 0) is 12.4 Å². The quantitative estimate of drug-likeness (QED) is 0.618. The van der Waals surface area contributed by atoms with Crippen molar-refractivity contribution in [3.63, 3.8) is 0 Å². The van der Waals surface area contributed by atoms with E-state index in [2.05, 4.69) is 0 Å². The Balaban J connectivity index is 2.30. The van der Waals surface area contributed by atoms with Crippen molar-refractivity contribution in [3.05, 3.63) is 59.7 Å². The Morgan fingerprint density at radius 1 is 0.727 bits per heavy atom. The normalized spacial score (nSPS) is 12.1. The van der Waals surface area contributed by atoms with Crippen molar-refractivity contribution in [2.45, 2.75) is 12.4 Å². The summed E-state index contributed by atoms with van der Waals surface area (Å²) in [5.74, 6) is 0.355. The number of halogens is 6. The van der Waals surface area contributed by atoms with Gasteiger partial charge in [-0.15, -0.1) is 0 Å². The maximum atomic E-state index is 12.7. The Morgan fingerprint density at radius 3 is 1.68 bits per heavy atom. The molecule has 0 saturated heterocycles. The third-order valence-corrected chi connectivity index (χ3v) is 2.80. The van der Waals surface area contributed by atoms with E-state index in [1.807, 2.05) is 0 Å². The SMILES string of the molecule is FC(F)(F)c1cc(BOc2ccccc2)cc(C(F)(F)F)c1. The average molecular weight is 318 g/mol. The molecule has 0 bridgehead atoms. The van der Waals surface area contributed by atoms with Crippen molar-refractivity contribution in [3.8, 4) is 5.75 Å². The second-order valence-corrected chi connectivity index (χ2v) is 4.52. The topological polar surface area (TPSA) is 9.23 Å². The first kappa shape index (κ1) is 16.3. The molecule has 0 heterocycles. The molecule has 0 aromatic heterocycles. The van der Waals surface area contributed by atoms with Crippen molar-refractivity contribution >= 4 is 12.9 Å². The first-order valence-corrected chi connectivity index (χ1v) is 6.12. The third kappa shape index (κ3) is 4.19. The Bertz CT molecular complexity index is 604. The summed E-state index contributed by atoms with van der Waals surface area (Å²) < 4.78 is 81.3. The second kappa shape index (κ2) is 5.94. The van der Waals surface area contributed by atoms with E-state index < -0.39 is 31.0 Å². The van der Waals surface area contributed by atoms with Crippen LogP contribution in [0.4, 0.5) is 26.3 Å². The molecule has 0 fully saturated rings. The van der Waals surface area contributed by atoms with Crippen molar-refractivity contribution in [1.82, 2.24) is 0 Å². The van der Waals surface area contributed by atoms with Gasteiger partial charge in [-0.05, 0) is 23.7 Å². The standard InChI is InChI=1S/C14H9BF6O/c16-13(17,18)9-6-10(14(19,20)21)8-11(7-9)15-22-12-4-2-1-3-5-12/h1-8,15H. The lowest BCUT2D eigenvalue weighted by atomic mass is 9.85. The predicted molar refractivity (Wildman–Crippen MR) is 70.3 cm³/mol. The lowest BCUT2D eigenvalue weighted by Gasteiger charge is -2.14. The van der Waals surface area contributed by atoms with Crippen LogP contribution in [0.25, 0.3) is 0 Å². The summed E-state index contributed by atoms with van der Waals surface area (Å²) in [6.45, 7) is 0. The summed E-state index contributed by atoms with van der Waals surface area (Å²) in [6, 6.07) is 9.49. The predicted octanol–water partition coefficient (Wildman–Crippen LogP) is 3.78. The fraction of sp³-hybridized carbons (Fsp3) is 0.143. The minimum absolute atomic E-state index is 0.0893. The number of alkyl halides is 6. The average Bonchev–Trinajstić information content (AvgIpc) is 2.44. The first-order valence-electron chi connectivity index (χ1n) is 6.12. The maximum Gasteiger partial charge on any atom is 0.416 e. The van der Waals surface area contributed by atoms with E-state index in [0.717, 1.165) is 0 Å². The zero-order valence-corrected chi connectivity index (χ0v) is 11.0. The highest BCUT2D eigenvalue weighted by Gasteiger charge is 2.36. The van der Waals surface area contributed by atoms with Gasteiger partial charge in [-0.25, -0.2) is 0 Å². The molecule has 8 heteroatoms. The Hall–Kier alpha value is -2.12. The van der Waals surface area contributed by atoms with Gasteiger partial charge in [-0.3, -0.25) is 0 Å². The zero-order valence-electron chi connectivity index (χ0n) is 11.0. The van der Waals surface area contributed by atoms with E-state index in [-0.39, 0.29) is 11.5 Å². The van der Waals surface area contributed by atoms with Crippen LogP contribution in [0.3, 0.4) is 0 Å². The summed E-state index contributed by atoms with van der Waals surface area (Å²) in [5, 5.41) is 0. The van der Waals surface area contributed by atoms with Gasteiger partial charge in [-0.2, -0.15) is 26.3 Å². The summed E-state index contributed by atoms with van der Waals surface area (Å²) in [5.41, 5.74) is -2.91. The number of para-hydroxylation sites is 1. The number of hydrogen-bond donors (Lipinski definition) is 0. The van der Waals surface area contributed by atoms with E-state index in [1.54, 1.807) is 30.3 Å². The molecule has 2 aromatic rings. The summed E-state index contributed by atoms with van der Waals surface area (Å²) in [7, 11) is -0.392. The smallest absolute Gasteiger partial charge is 0.416 e. The number of benzene rings is 2. The van der Waals surface area contributed by atoms with Crippen LogP contribution >= 0.6 is 0 Å². The second-order valence-electron chi connectivity index (χ2n) is 4.52. The molecule has 0 N–H and O–H groups in total. The van der Waals surface area contributed by atoms with Gasteiger partial charge in [0.05, 0.1) is 16.9 Å². The van der Waals surface area contributed by atoms with E-state index in [0.29, 0.717) is 17.9 Å². The highest BCUT2D eigenvalue weighted by Crippen LogP contribution is 2.34. The van der Waals surface area contributed by atoms with E-state index in [9.17, 15) is 26.3 Å². The monoisotopic (exact) mass is 318 g/mol. The van der Waals surface area contributed by atoms with Crippen LogP contribution in [0.5, 0.6) is 5.75 Å². The van der Waals surface area contributed by atoms with Gasteiger partial charge in [0, 0.05) is 0 Å². The minimum atomic E-state index is -4.86. The molecule has 116 valence electrons. The molecule has 0 amide bonds. The first-order chi connectivity index (χ1) is 10.2. The van der Waals surface area contributed by atoms with Gasteiger partial charge < -0.3 is 4.65 Å². The molecular weight excluding hydrogens is 309 g/mol. The van der Waals surface area contributed by atoms with Gasteiger partial charge in [0.1, 0.15) is 0 Å². The third-order valence-electron chi connectivity index (χ3n) is 2.80. The van der Waals surface area contributed by atoms with E-state index >= 15 is 0 Å². The van der Waals surface area contributed by atoms with Gasteiger partial charge in [0.25, 0.3) is 0 Å². The van der Waals surface area contributed by atoms with Crippen molar-refractivity contribution in [2.75, 3.05) is 0 Å². The molecule has 0 aliphatic heterocycles. The molecule has 2 rings (SSSR count). The van der Waals surface area contributed by atoms with Crippen LogP contribution in [0.15, 0.2) is 48.5 Å². The molecule has 0 saturated carbocycles. The summed E-state index contributed by atoms with van der Waals surface area (Å²) >= 11 is 0. The van der Waals surface area contributed by atoms with Gasteiger partial charge in [0.2, 0.25) is 0 Å². The Morgan fingerprint density at radius 2 is 1.23 bits per heavy atom. The van der Waals surface area contributed by atoms with Gasteiger partial charge >= 0.3 is 19.8 Å². The summed E-state index contributed by atoms with van der Waals surface area (Å²) in [6.07, 6.45) is -9.72. The van der Waals surface area contributed by atoms with Crippen LogP contribution in [0, 0.1) is 0 Å². The number of hydrogen-bond acceptors (Lipinski definition) is 1. The molecule has 0 spiro atoms. The van der Waals surface area contributed by atoms with Crippen molar-refractivity contribution in [2.24, 2.45) is 0 Å². The largest absolute Gasteiger partial charge is 0.559 e. The fourth-order valence-electron chi connectivity index (χ4n) is 1.79. The van der Waals surface area contributed by atoms with Crippen LogP contribution in [0.1, 0.15) is 11.1 Å². The molecule has 2 aromatic carbocycles. The molecule has 0 unspecified atom stereocenters. The molecule has 22 heavy (non-hydrogen) atoms. The van der Waals surface area contributed by atoms with Crippen LogP contribution in [0.2, 0.25) is 0 Å². The fourth-order valence-corrected chi connectivity index (χ4v) is 1.79. The molecular formula is C14H9BF6O. The van der Waals surface area contributed by atoms with Crippen molar-refractivity contribution in [1.29, 1.82) is 0 Å². The lowest BCUT2D eigenvalue weighted by molar-refractivity contribution is -0.142. The lowest BCUT2D eigenvalue weighted by Crippen LogP contribution is -2.25. The molecule has 1 nitrogen and oxygen atoms in total. The van der Waals surface area contributed by atoms with E-state index in [4.69, 9.17) is 4.65 Å². The molecule has 0 aliphatic carbocycles. The zero-order chi connectivity index (χ0) is 16.4. The Labute approximate surface area is 122 Å². The Kier molecular flexibility index (Phi) is 4.39. The number of rotatable bonds is 3. The highest BCUT2D eigenvalue weighted by atomic mass is 19.4. The van der Waals surface area contributed by atoms with Gasteiger partial charge in [-0.1, -0.05) is 30.3 Å². The van der Waals surface area contributed by atoms with Crippen LogP contribution < -0.4 is 10.1 Å². The minimum Gasteiger partial charge on any atom is -0.559 e. The molecule has 0 radical (unpaired) electrons. The van der Waals surface area contributed by atoms with Gasteiger partial charge in [0.15, 0.2) is 0 Å².